The average Bonchev–Trinajstić information content (AvgIpc) is 2.86. The standard InChI is InChI=1S/C28H31N3O2/c32-28(33-22-23-10-4-1-5-11-23)30-18-16-29(17-19-30)26-20-31(21-26)27(24-12-6-2-7-13-24)25-14-8-3-9-15-25/h1-15,26-27H,16-22H2. The fraction of sp³-hybridized carbons (Fsp3) is 0.321. The number of rotatable bonds is 6. The van der Waals surface area contributed by atoms with Crippen molar-refractivity contribution >= 4 is 6.09 Å². The van der Waals surface area contributed by atoms with Crippen LogP contribution in [0.3, 0.4) is 0 Å². The highest BCUT2D eigenvalue weighted by Gasteiger charge is 2.38. The van der Waals surface area contributed by atoms with E-state index in [9.17, 15) is 4.79 Å². The lowest BCUT2D eigenvalue weighted by atomic mass is 9.92. The van der Waals surface area contributed by atoms with Gasteiger partial charge in [0.1, 0.15) is 6.61 Å². The van der Waals surface area contributed by atoms with E-state index < -0.39 is 0 Å². The molecule has 170 valence electrons. The zero-order valence-corrected chi connectivity index (χ0v) is 18.9. The lowest BCUT2D eigenvalue weighted by Crippen LogP contribution is -2.63. The molecule has 2 aliphatic heterocycles. The molecule has 0 saturated carbocycles. The highest BCUT2D eigenvalue weighted by Crippen LogP contribution is 2.33. The van der Waals surface area contributed by atoms with E-state index in [2.05, 4.69) is 70.5 Å². The maximum atomic E-state index is 12.5. The maximum Gasteiger partial charge on any atom is 0.410 e. The molecule has 5 rings (SSSR count). The molecule has 3 aromatic rings. The van der Waals surface area contributed by atoms with Crippen molar-refractivity contribution in [1.29, 1.82) is 0 Å². The lowest BCUT2D eigenvalue weighted by molar-refractivity contribution is -0.0102. The second kappa shape index (κ2) is 10.2. The Bertz CT molecular complexity index is 975. The molecular formula is C28H31N3O2. The summed E-state index contributed by atoms with van der Waals surface area (Å²) in [6.45, 7) is 5.69. The molecule has 0 aliphatic carbocycles. The summed E-state index contributed by atoms with van der Waals surface area (Å²) >= 11 is 0. The topological polar surface area (TPSA) is 36.0 Å². The highest BCUT2D eigenvalue weighted by molar-refractivity contribution is 5.67. The maximum absolute atomic E-state index is 12.5. The van der Waals surface area contributed by atoms with E-state index in [0.29, 0.717) is 12.6 Å². The molecule has 0 bridgehead atoms. The SMILES string of the molecule is O=C(OCc1ccccc1)N1CCN(C2CN(C(c3ccccc3)c3ccccc3)C2)CC1. The highest BCUT2D eigenvalue weighted by atomic mass is 16.6. The molecule has 0 radical (unpaired) electrons. The third kappa shape index (κ3) is 5.10. The van der Waals surface area contributed by atoms with Crippen LogP contribution in [0.4, 0.5) is 4.79 Å². The van der Waals surface area contributed by atoms with Gasteiger partial charge in [0, 0.05) is 45.3 Å². The third-order valence-electron chi connectivity index (χ3n) is 6.78. The predicted octanol–water partition coefficient (Wildman–Crippen LogP) is 4.41. The Morgan fingerprint density at radius 2 is 1.27 bits per heavy atom. The summed E-state index contributed by atoms with van der Waals surface area (Å²) in [6, 6.07) is 32.2. The van der Waals surface area contributed by atoms with Gasteiger partial charge in [-0.25, -0.2) is 4.79 Å². The summed E-state index contributed by atoms with van der Waals surface area (Å²) in [5.41, 5.74) is 3.70. The summed E-state index contributed by atoms with van der Waals surface area (Å²) in [7, 11) is 0. The fourth-order valence-electron chi connectivity index (χ4n) is 4.89. The van der Waals surface area contributed by atoms with E-state index in [1.165, 1.54) is 11.1 Å². The molecule has 3 aromatic carbocycles. The van der Waals surface area contributed by atoms with E-state index in [1.54, 1.807) is 0 Å². The van der Waals surface area contributed by atoms with Crippen LogP contribution in [-0.4, -0.2) is 66.1 Å². The first-order valence-electron chi connectivity index (χ1n) is 11.8. The molecule has 1 amide bonds. The monoisotopic (exact) mass is 441 g/mol. The number of nitrogens with zero attached hydrogens (tertiary/aromatic N) is 3. The molecule has 2 fully saturated rings. The van der Waals surface area contributed by atoms with Crippen LogP contribution in [0, 0.1) is 0 Å². The Morgan fingerprint density at radius 3 is 1.82 bits per heavy atom. The van der Waals surface area contributed by atoms with Crippen molar-refractivity contribution in [3.8, 4) is 0 Å². The van der Waals surface area contributed by atoms with Gasteiger partial charge in [0.05, 0.1) is 6.04 Å². The number of benzene rings is 3. The Balaban J connectivity index is 1.13. The minimum atomic E-state index is -0.207. The minimum absolute atomic E-state index is 0.207. The summed E-state index contributed by atoms with van der Waals surface area (Å²) in [4.78, 5) is 19.4. The molecular weight excluding hydrogens is 410 g/mol. The number of carbonyl (C=O) groups excluding carboxylic acids is 1. The van der Waals surface area contributed by atoms with Crippen LogP contribution in [-0.2, 0) is 11.3 Å². The van der Waals surface area contributed by atoms with E-state index in [0.717, 1.165) is 44.8 Å². The molecule has 0 aromatic heterocycles. The van der Waals surface area contributed by atoms with Gasteiger partial charge in [-0.1, -0.05) is 91.0 Å². The largest absolute Gasteiger partial charge is 0.445 e. The summed E-state index contributed by atoms with van der Waals surface area (Å²) < 4.78 is 5.51. The lowest BCUT2D eigenvalue weighted by Gasteiger charge is -2.50. The molecule has 2 aliphatic rings. The fourth-order valence-corrected chi connectivity index (χ4v) is 4.89. The predicted molar refractivity (Wildman–Crippen MR) is 130 cm³/mol. The molecule has 2 saturated heterocycles. The molecule has 0 spiro atoms. The van der Waals surface area contributed by atoms with E-state index in [-0.39, 0.29) is 12.1 Å². The number of piperazine rings is 1. The Hall–Kier alpha value is -3.15. The normalized spacial score (nSPS) is 17.7. The van der Waals surface area contributed by atoms with Crippen LogP contribution in [0.5, 0.6) is 0 Å². The molecule has 33 heavy (non-hydrogen) atoms. The van der Waals surface area contributed by atoms with Crippen LogP contribution >= 0.6 is 0 Å². The Morgan fingerprint density at radius 1 is 0.758 bits per heavy atom. The summed E-state index contributed by atoms with van der Waals surface area (Å²) in [5.74, 6) is 0. The molecule has 0 N–H and O–H groups in total. The van der Waals surface area contributed by atoms with Gasteiger partial charge in [-0.2, -0.15) is 0 Å². The van der Waals surface area contributed by atoms with Crippen molar-refractivity contribution in [3.05, 3.63) is 108 Å². The average molecular weight is 442 g/mol. The van der Waals surface area contributed by atoms with Gasteiger partial charge in [-0.05, 0) is 16.7 Å². The van der Waals surface area contributed by atoms with Crippen LogP contribution < -0.4 is 0 Å². The second-order valence-electron chi connectivity index (χ2n) is 8.89. The van der Waals surface area contributed by atoms with Gasteiger partial charge in [-0.3, -0.25) is 9.80 Å². The Labute approximate surface area is 196 Å². The number of ether oxygens (including phenoxy) is 1. The van der Waals surface area contributed by atoms with Crippen molar-refractivity contribution in [2.75, 3.05) is 39.3 Å². The van der Waals surface area contributed by atoms with Gasteiger partial charge in [0.15, 0.2) is 0 Å². The third-order valence-corrected chi connectivity index (χ3v) is 6.78. The number of hydrogen-bond acceptors (Lipinski definition) is 4. The first-order chi connectivity index (χ1) is 16.3. The van der Waals surface area contributed by atoms with E-state index in [1.807, 2.05) is 35.2 Å². The van der Waals surface area contributed by atoms with Crippen molar-refractivity contribution in [1.82, 2.24) is 14.7 Å². The van der Waals surface area contributed by atoms with Crippen molar-refractivity contribution in [2.24, 2.45) is 0 Å². The smallest absolute Gasteiger partial charge is 0.410 e. The number of likely N-dealkylation sites (tertiary alicyclic amines) is 1. The first-order valence-corrected chi connectivity index (χ1v) is 11.8. The molecule has 2 heterocycles. The second-order valence-corrected chi connectivity index (χ2v) is 8.89. The van der Waals surface area contributed by atoms with Crippen molar-refractivity contribution in [2.45, 2.75) is 18.7 Å². The molecule has 0 atom stereocenters. The summed E-state index contributed by atoms with van der Waals surface area (Å²) in [5, 5.41) is 0. The van der Waals surface area contributed by atoms with Crippen LogP contribution in [0.15, 0.2) is 91.0 Å². The quantitative estimate of drug-likeness (QED) is 0.568. The van der Waals surface area contributed by atoms with Crippen LogP contribution in [0.1, 0.15) is 22.7 Å². The van der Waals surface area contributed by atoms with Gasteiger partial charge >= 0.3 is 6.09 Å². The van der Waals surface area contributed by atoms with Gasteiger partial charge < -0.3 is 9.64 Å². The summed E-state index contributed by atoms with van der Waals surface area (Å²) in [6.07, 6.45) is -0.207. The van der Waals surface area contributed by atoms with E-state index in [4.69, 9.17) is 4.74 Å². The first kappa shape index (κ1) is 21.7. The van der Waals surface area contributed by atoms with Crippen LogP contribution in [0.25, 0.3) is 0 Å². The van der Waals surface area contributed by atoms with Gasteiger partial charge in [-0.15, -0.1) is 0 Å². The van der Waals surface area contributed by atoms with E-state index >= 15 is 0 Å². The zero-order chi connectivity index (χ0) is 22.5. The van der Waals surface area contributed by atoms with Crippen LogP contribution in [0.2, 0.25) is 0 Å². The van der Waals surface area contributed by atoms with Crippen molar-refractivity contribution < 1.29 is 9.53 Å². The zero-order valence-electron chi connectivity index (χ0n) is 18.9. The molecule has 5 heteroatoms. The van der Waals surface area contributed by atoms with Gasteiger partial charge in [0.25, 0.3) is 0 Å². The number of carbonyl (C=O) groups is 1. The van der Waals surface area contributed by atoms with Gasteiger partial charge in [0.2, 0.25) is 0 Å². The number of amides is 1. The molecule has 5 nitrogen and oxygen atoms in total. The minimum Gasteiger partial charge on any atom is -0.445 e. The Kier molecular flexibility index (Phi) is 6.70. The number of hydrogen-bond donors (Lipinski definition) is 0. The molecule has 0 unspecified atom stereocenters. The van der Waals surface area contributed by atoms with Crippen molar-refractivity contribution in [3.63, 3.8) is 0 Å².